The lowest BCUT2D eigenvalue weighted by Crippen LogP contribution is -1.97. The lowest BCUT2D eigenvalue weighted by atomic mass is 10.2. The van der Waals surface area contributed by atoms with E-state index < -0.39 is 0 Å². The van der Waals surface area contributed by atoms with Crippen LogP contribution in [0.3, 0.4) is 0 Å². The Labute approximate surface area is 131 Å². The number of ether oxygens (including phenoxy) is 1. The number of nitrogens with zero attached hydrogens (tertiary/aromatic N) is 2. The maximum absolute atomic E-state index is 6.02. The van der Waals surface area contributed by atoms with Gasteiger partial charge in [0.1, 0.15) is 16.4 Å². The summed E-state index contributed by atoms with van der Waals surface area (Å²) in [5.41, 5.74) is 2.11. The van der Waals surface area contributed by atoms with Crippen molar-refractivity contribution in [2.75, 3.05) is 12.4 Å². The number of methoxy groups -OCH3 is 1. The van der Waals surface area contributed by atoms with E-state index in [9.17, 15) is 0 Å². The van der Waals surface area contributed by atoms with E-state index in [1.165, 1.54) is 10.4 Å². The zero-order valence-electron chi connectivity index (χ0n) is 11.9. The largest absolute Gasteiger partial charge is 0.497 e. The number of hydrogen-bond donors (Lipinski definition) is 1. The predicted molar refractivity (Wildman–Crippen MR) is 88.2 cm³/mol. The molecule has 0 fully saturated rings. The highest BCUT2D eigenvalue weighted by atomic mass is 35.5. The molecule has 2 heterocycles. The maximum Gasteiger partial charge on any atom is 0.225 e. The summed E-state index contributed by atoms with van der Waals surface area (Å²) in [4.78, 5) is 10.8. The predicted octanol–water partition coefficient (Wildman–Crippen LogP) is 4.71. The molecule has 4 nitrogen and oxygen atoms in total. The van der Waals surface area contributed by atoms with Gasteiger partial charge in [-0.2, -0.15) is 4.98 Å². The smallest absolute Gasteiger partial charge is 0.225 e. The first-order valence-corrected chi connectivity index (χ1v) is 7.62. The average molecular weight is 320 g/mol. The molecule has 0 saturated heterocycles. The topological polar surface area (TPSA) is 47.0 Å². The summed E-state index contributed by atoms with van der Waals surface area (Å²) in [6, 6.07) is 7.67. The van der Waals surface area contributed by atoms with Crippen LogP contribution in [0, 0.1) is 13.8 Å². The third kappa shape index (κ3) is 2.66. The first-order chi connectivity index (χ1) is 10.1. The molecule has 1 aromatic carbocycles. The fourth-order valence-electron chi connectivity index (χ4n) is 2.13. The van der Waals surface area contributed by atoms with Crippen LogP contribution in [0.2, 0.25) is 5.28 Å². The number of aryl methyl sites for hydroxylation is 2. The molecular weight excluding hydrogens is 306 g/mol. The quantitative estimate of drug-likeness (QED) is 0.710. The second-order valence-electron chi connectivity index (χ2n) is 4.66. The van der Waals surface area contributed by atoms with E-state index in [1.807, 2.05) is 24.3 Å². The minimum Gasteiger partial charge on any atom is -0.497 e. The van der Waals surface area contributed by atoms with Crippen LogP contribution in [0.5, 0.6) is 5.75 Å². The fourth-order valence-corrected chi connectivity index (χ4v) is 3.37. The monoisotopic (exact) mass is 319 g/mol. The van der Waals surface area contributed by atoms with E-state index in [2.05, 4.69) is 29.1 Å². The second-order valence-corrected chi connectivity index (χ2v) is 6.20. The van der Waals surface area contributed by atoms with Gasteiger partial charge in [-0.25, -0.2) is 4.98 Å². The highest BCUT2D eigenvalue weighted by molar-refractivity contribution is 7.18. The average Bonchev–Trinajstić information content (AvgIpc) is 2.74. The van der Waals surface area contributed by atoms with E-state index in [0.717, 1.165) is 27.5 Å². The number of fused-ring (bicyclic) bond motifs is 1. The van der Waals surface area contributed by atoms with Crippen molar-refractivity contribution in [3.05, 3.63) is 40.0 Å². The van der Waals surface area contributed by atoms with Crippen molar-refractivity contribution in [3.8, 4) is 5.75 Å². The van der Waals surface area contributed by atoms with Crippen molar-refractivity contribution in [1.29, 1.82) is 0 Å². The molecule has 0 aliphatic rings. The Bertz CT molecular complexity index is 799. The van der Waals surface area contributed by atoms with Crippen LogP contribution in [0.4, 0.5) is 11.5 Å². The minimum atomic E-state index is 0.250. The molecule has 6 heteroatoms. The number of hydrogen-bond acceptors (Lipinski definition) is 5. The lowest BCUT2D eigenvalue weighted by molar-refractivity contribution is 0.415. The van der Waals surface area contributed by atoms with Gasteiger partial charge in [-0.1, -0.05) is 0 Å². The normalized spacial score (nSPS) is 10.9. The summed E-state index contributed by atoms with van der Waals surface area (Å²) in [6.45, 7) is 4.15. The molecule has 0 radical (unpaired) electrons. The number of aromatic nitrogens is 2. The Morgan fingerprint density at radius 2 is 1.86 bits per heavy atom. The molecule has 0 unspecified atom stereocenters. The Hall–Kier alpha value is -1.85. The van der Waals surface area contributed by atoms with Gasteiger partial charge in [0.2, 0.25) is 5.28 Å². The van der Waals surface area contributed by atoms with Crippen LogP contribution < -0.4 is 10.1 Å². The van der Waals surface area contributed by atoms with Crippen molar-refractivity contribution in [2.45, 2.75) is 13.8 Å². The van der Waals surface area contributed by atoms with Gasteiger partial charge in [0.05, 0.1) is 12.5 Å². The van der Waals surface area contributed by atoms with E-state index in [1.54, 1.807) is 18.4 Å². The number of thiophene rings is 1. The number of nitrogens with one attached hydrogen (secondary N) is 1. The highest BCUT2D eigenvalue weighted by Gasteiger charge is 2.14. The SMILES string of the molecule is COc1ccc(Nc2nc(Cl)nc3sc(C)c(C)c23)cc1. The summed E-state index contributed by atoms with van der Waals surface area (Å²) in [5.74, 6) is 1.55. The molecule has 0 amide bonds. The molecule has 3 aromatic rings. The number of anilines is 2. The number of halogens is 1. The minimum absolute atomic E-state index is 0.250. The summed E-state index contributed by atoms with van der Waals surface area (Å²) < 4.78 is 5.16. The molecule has 0 aliphatic carbocycles. The Morgan fingerprint density at radius 1 is 1.14 bits per heavy atom. The van der Waals surface area contributed by atoms with Gasteiger partial charge >= 0.3 is 0 Å². The third-order valence-corrected chi connectivity index (χ3v) is 4.62. The Balaban J connectivity index is 2.06. The van der Waals surface area contributed by atoms with Gasteiger partial charge in [-0.05, 0) is 55.3 Å². The third-order valence-electron chi connectivity index (χ3n) is 3.35. The molecule has 0 aliphatic heterocycles. The van der Waals surface area contributed by atoms with Crippen LogP contribution in [0.1, 0.15) is 10.4 Å². The zero-order valence-corrected chi connectivity index (χ0v) is 13.5. The maximum atomic E-state index is 6.02. The van der Waals surface area contributed by atoms with E-state index in [-0.39, 0.29) is 5.28 Å². The Kier molecular flexibility index (Phi) is 3.69. The van der Waals surface area contributed by atoms with Crippen LogP contribution in [0.15, 0.2) is 24.3 Å². The van der Waals surface area contributed by atoms with Gasteiger partial charge in [0.25, 0.3) is 0 Å². The molecule has 3 rings (SSSR count). The van der Waals surface area contributed by atoms with Gasteiger partial charge in [0, 0.05) is 10.6 Å². The lowest BCUT2D eigenvalue weighted by Gasteiger charge is -2.08. The molecule has 0 spiro atoms. The van der Waals surface area contributed by atoms with Gasteiger partial charge < -0.3 is 10.1 Å². The second kappa shape index (κ2) is 5.50. The fraction of sp³-hybridized carbons (Fsp3) is 0.200. The molecular formula is C15H14ClN3OS. The van der Waals surface area contributed by atoms with Gasteiger partial charge in [-0.15, -0.1) is 11.3 Å². The summed E-state index contributed by atoms with van der Waals surface area (Å²) in [5, 5.41) is 4.58. The number of rotatable bonds is 3. The summed E-state index contributed by atoms with van der Waals surface area (Å²) in [6.07, 6.45) is 0. The van der Waals surface area contributed by atoms with Crippen molar-refractivity contribution in [1.82, 2.24) is 9.97 Å². The van der Waals surface area contributed by atoms with E-state index >= 15 is 0 Å². The van der Waals surface area contributed by atoms with Gasteiger partial charge in [0.15, 0.2) is 0 Å². The zero-order chi connectivity index (χ0) is 15.0. The van der Waals surface area contributed by atoms with E-state index in [0.29, 0.717) is 0 Å². The molecule has 1 N–H and O–H groups in total. The van der Waals surface area contributed by atoms with Crippen LogP contribution in [-0.4, -0.2) is 17.1 Å². The van der Waals surface area contributed by atoms with Crippen LogP contribution in [0.25, 0.3) is 10.2 Å². The van der Waals surface area contributed by atoms with Crippen molar-refractivity contribution < 1.29 is 4.74 Å². The molecule has 0 saturated carbocycles. The standard InChI is InChI=1S/C15H14ClN3OS/c1-8-9(2)21-14-12(8)13(18-15(16)19-14)17-10-4-6-11(20-3)7-5-10/h4-7H,1-3H3,(H,17,18,19). The summed E-state index contributed by atoms with van der Waals surface area (Å²) in [7, 11) is 1.65. The first kappa shape index (κ1) is 14.1. The summed E-state index contributed by atoms with van der Waals surface area (Å²) >= 11 is 7.65. The highest BCUT2D eigenvalue weighted by Crippen LogP contribution is 2.35. The molecule has 108 valence electrons. The van der Waals surface area contributed by atoms with Crippen LogP contribution >= 0.6 is 22.9 Å². The van der Waals surface area contributed by atoms with E-state index in [4.69, 9.17) is 16.3 Å². The van der Waals surface area contributed by atoms with Crippen LogP contribution in [-0.2, 0) is 0 Å². The van der Waals surface area contributed by atoms with Crippen molar-refractivity contribution in [3.63, 3.8) is 0 Å². The molecule has 0 bridgehead atoms. The van der Waals surface area contributed by atoms with Crippen molar-refractivity contribution >= 4 is 44.7 Å². The molecule has 0 atom stereocenters. The Morgan fingerprint density at radius 3 is 2.52 bits per heavy atom. The molecule has 2 aromatic heterocycles. The van der Waals surface area contributed by atoms with Crippen molar-refractivity contribution in [2.24, 2.45) is 0 Å². The first-order valence-electron chi connectivity index (χ1n) is 6.43. The number of benzene rings is 1. The molecule has 21 heavy (non-hydrogen) atoms. The van der Waals surface area contributed by atoms with Gasteiger partial charge in [-0.3, -0.25) is 0 Å².